The summed E-state index contributed by atoms with van der Waals surface area (Å²) in [4.78, 5) is 0. The molecule has 1 aromatic rings. The van der Waals surface area contributed by atoms with Gasteiger partial charge in [-0.2, -0.15) is 11.8 Å². The van der Waals surface area contributed by atoms with Crippen LogP contribution in [0.4, 0.5) is 0 Å². The Morgan fingerprint density at radius 3 is 3.20 bits per heavy atom. The maximum absolute atomic E-state index is 6.14. The molecule has 2 nitrogen and oxygen atoms in total. The molecule has 0 unspecified atom stereocenters. The van der Waals surface area contributed by atoms with Gasteiger partial charge in [-0.25, -0.2) is 0 Å². The standard InChI is InChI=1S/C12H17NOS/c1-2-14-12-5-3-4-9-10(12)8-15-7-6-11(9)13/h3-5,11H,2,6-8,13H2,1H3/t11-/m1/s1. The molecule has 0 aliphatic carbocycles. The molecule has 1 heterocycles. The van der Waals surface area contributed by atoms with Crippen LogP contribution in [-0.2, 0) is 5.75 Å². The monoisotopic (exact) mass is 223 g/mol. The van der Waals surface area contributed by atoms with Crippen LogP contribution >= 0.6 is 11.8 Å². The highest BCUT2D eigenvalue weighted by atomic mass is 32.2. The second-order valence-corrected chi connectivity index (χ2v) is 4.81. The first-order valence-electron chi connectivity index (χ1n) is 5.41. The van der Waals surface area contributed by atoms with Gasteiger partial charge in [-0.15, -0.1) is 0 Å². The van der Waals surface area contributed by atoms with Gasteiger partial charge in [-0.05, 0) is 30.7 Å². The van der Waals surface area contributed by atoms with Gasteiger partial charge in [0, 0.05) is 17.4 Å². The van der Waals surface area contributed by atoms with Gasteiger partial charge >= 0.3 is 0 Å². The van der Waals surface area contributed by atoms with Crippen molar-refractivity contribution in [1.82, 2.24) is 0 Å². The highest BCUT2D eigenvalue weighted by molar-refractivity contribution is 7.98. The molecule has 2 rings (SSSR count). The fraction of sp³-hybridized carbons (Fsp3) is 0.500. The summed E-state index contributed by atoms with van der Waals surface area (Å²) in [6.07, 6.45) is 1.06. The highest BCUT2D eigenvalue weighted by Gasteiger charge is 2.18. The second-order valence-electron chi connectivity index (χ2n) is 3.70. The Morgan fingerprint density at radius 2 is 2.40 bits per heavy atom. The van der Waals surface area contributed by atoms with E-state index in [0.717, 1.165) is 30.3 Å². The molecular weight excluding hydrogens is 206 g/mol. The van der Waals surface area contributed by atoms with Crippen molar-refractivity contribution in [2.75, 3.05) is 12.4 Å². The number of benzene rings is 1. The van der Waals surface area contributed by atoms with Crippen molar-refractivity contribution >= 4 is 11.8 Å². The van der Waals surface area contributed by atoms with E-state index in [1.165, 1.54) is 11.1 Å². The van der Waals surface area contributed by atoms with E-state index in [1.54, 1.807) is 0 Å². The number of hydrogen-bond donors (Lipinski definition) is 1. The molecule has 0 saturated carbocycles. The largest absolute Gasteiger partial charge is 0.494 e. The summed E-state index contributed by atoms with van der Waals surface area (Å²) >= 11 is 1.94. The maximum atomic E-state index is 6.14. The summed E-state index contributed by atoms with van der Waals surface area (Å²) < 4.78 is 5.64. The van der Waals surface area contributed by atoms with E-state index in [0.29, 0.717) is 0 Å². The molecule has 1 atom stereocenters. The number of thioether (sulfide) groups is 1. The minimum absolute atomic E-state index is 0.176. The van der Waals surface area contributed by atoms with E-state index in [-0.39, 0.29) is 6.04 Å². The average Bonchev–Trinajstić information content (AvgIpc) is 2.43. The van der Waals surface area contributed by atoms with E-state index in [9.17, 15) is 0 Å². The number of ether oxygens (including phenoxy) is 1. The van der Waals surface area contributed by atoms with Crippen LogP contribution < -0.4 is 10.5 Å². The van der Waals surface area contributed by atoms with Crippen LogP contribution in [-0.4, -0.2) is 12.4 Å². The topological polar surface area (TPSA) is 35.2 Å². The Bertz CT molecular complexity index is 340. The Kier molecular flexibility index (Phi) is 3.54. The Labute approximate surface area is 95.2 Å². The zero-order valence-electron chi connectivity index (χ0n) is 9.03. The molecule has 1 aromatic carbocycles. The summed E-state index contributed by atoms with van der Waals surface area (Å²) in [6.45, 7) is 2.74. The smallest absolute Gasteiger partial charge is 0.123 e. The molecule has 0 saturated heterocycles. The van der Waals surface area contributed by atoms with Crippen molar-refractivity contribution in [3.63, 3.8) is 0 Å². The van der Waals surface area contributed by atoms with Crippen LogP contribution in [0, 0.1) is 0 Å². The van der Waals surface area contributed by atoms with E-state index >= 15 is 0 Å². The number of rotatable bonds is 2. The lowest BCUT2D eigenvalue weighted by atomic mass is 9.99. The van der Waals surface area contributed by atoms with Crippen LogP contribution in [0.1, 0.15) is 30.5 Å². The maximum Gasteiger partial charge on any atom is 0.123 e. The molecular formula is C12H17NOS. The van der Waals surface area contributed by atoms with Gasteiger partial charge in [0.15, 0.2) is 0 Å². The van der Waals surface area contributed by atoms with Gasteiger partial charge in [0.1, 0.15) is 5.75 Å². The Balaban J connectivity index is 2.39. The number of fused-ring (bicyclic) bond motifs is 1. The molecule has 2 N–H and O–H groups in total. The first-order valence-corrected chi connectivity index (χ1v) is 6.56. The van der Waals surface area contributed by atoms with Crippen LogP contribution in [0.5, 0.6) is 5.75 Å². The lowest BCUT2D eigenvalue weighted by molar-refractivity contribution is 0.337. The van der Waals surface area contributed by atoms with Gasteiger partial charge in [-0.1, -0.05) is 12.1 Å². The summed E-state index contributed by atoms with van der Waals surface area (Å²) in [5.74, 6) is 3.18. The predicted octanol–water partition coefficient (Wildman–Crippen LogP) is 2.72. The zero-order valence-corrected chi connectivity index (χ0v) is 9.85. The fourth-order valence-corrected chi connectivity index (χ4v) is 2.99. The van der Waals surface area contributed by atoms with Crippen LogP contribution in [0.25, 0.3) is 0 Å². The third-order valence-electron chi connectivity index (χ3n) is 2.69. The lowest BCUT2D eigenvalue weighted by Gasteiger charge is -2.15. The van der Waals surface area contributed by atoms with Crippen LogP contribution in [0.3, 0.4) is 0 Å². The van der Waals surface area contributed by atoms with Crippen molar-refractivity contribution < 1.29 is 4.74 Å². The molecule has 0 radical (unpaired) electrons. The van der Waals surface area contributed by atoms with Crippen molar-refractivity contribution in [3.8, 4) is 5.75 Å². The van der Waals surface area contributed by atoms with Gasteiger partial charge in [0.05, 0.1) is 6.61 Å². The Hall–Kier alpha value is -0.670. The van der Waals surface area contributed by atoms with Crippen molar-refractivity contribution in [1.29, 1.82) is 0 Å². The minimum Gasteiger partial charge on any atom is -0.494 e. The fourth-order valence-electron chi connectivity index (χ4n) is 1.92. The van der Waals surface area contributed by atoms with Gasteiger partial charge in [0.2, 0.25) is 0 Å². The van der Waals surface area contributed by atoms with Crippen LogP contribution in [0.15, 0.2) is 18.2 Å². The quantitative estimate of drug-likeness (QED) is 0.837. The Morgan fingerprint density at radius 1 is 1.53 bits per heavy atom. The van der Waals surface area contributed by atoms with E-state index in [4.69, 9.17) is 10.5 Å². The molecule has 0 bridgehead atoms. The molecule has 0 spiro atoms. The number of hydrogen-bond acceptors (Lipinski definition) is 3. The van der Waals surface area contributed by atoms with E-state index < -0.39 is 0 Å². The highest BCUT2D eigenvalue weighted by Crippen LogP contribution is 2.34. The summed E-state index contributed by atoms with van der Waals surface area (Å²) in [5, 5.41) is 0. The van der Waals surface area contributed by atoms with E-state index in [2.05, 4.69) is 6.07 Å². The van der Waals surface area contributed by atoms with Crippen LogP contribution in [0.2, 0.25) is 0 Å². The van der Waals surface area contributed by atoms with Gasteiger partial charge in [0.25, 0.3) is 0 Å². The minimum atomic E-state index is 0.176. The molecule has 0 aromatic heterocycles. The SMILES string of the molecule is CCOc1cccc2c1CSCC[C@H]2N. The van der Waals surface area contributed by atoms with Crippen molar-refractivity contribution in [2.24, 2.45) is 5.73 Å². The molecule has 15 heavy (non-hydrogen) atoms. The summed E-state index contributed by atoms with van der Waals surface area (Å²) in [6, 6.07) is 6.39. The molecule has 0 amide bonds. The van der Waals surface area contributed by atoms with Gasteiger partial charge < -0.3 is 10.5 Å². The lowest BCUT2D eigenvalue weighted by Crippen LogP contribution is -2.12. The first-order chi connectivity index (χ1) is 7.33. The third kappa shape index (κ3) is 2.29. The number of nitrogens with two attached hydrogens (primary N) is 1. The average molecular weight is 223 g/mol. The molecule has 1 aliphatic heterocycles. The summed E-state index contributed by atoms with van der Waals surface area (Å²) in [5.41, 5.74) is 8.71. The van der Waals surface area contributed by atoms with E-state index in [1.807, 2.05) is 30.8 Å². The third-order valence-corrected chi connectivity index (χ3v) is 3.71. The van der Waals surface area contributed by atoms with Gasteiger partial charge in [-0.3, -0.25) is 0 Å². The molecule has 3 heteroatoms. The molecule has 0 fully saturated rings. The molecule has 1 aliphatic rings. The summed E-state index contributed by atoms with van der Waals surface area (Å²) in [7, 11) is 0. The second kappa shape index (κ2) is 4.90. The normalized spacial score (nSPS) is 20.5. The van der Waals surface area contributed by atoms with Crippen molar-refractivity contribution in [3.05, 3.63) is 29.3 Å². The predicted molar refractivity (Wildman–Crippen MR) is 65.3 cm³/mol. The zero-order chi connectivity index (χ0) is 10.7. The molecule has 82 valence electrons. The first kappa shape index (κ1) is 10.8. The van der Waals surface area contributed by atoms with Crippen molar-refractivity contribution in [2.45, 2.75) is 25.1 Å².